The van der Waals surface area contributed by atoms with Gasteiger partial charge in [-0.2, -0.15) is 4.31 Å². The first-order chi connectivity index (χ1) is 13.0. The molecule has 2 aromatic carbocycles. The van der Waals surface area contributed by atoms with Crippen LogP contribution < -0.4 is 10.2 Å². The minimum absolute atomic E-state index is 0.0132. The van der Waals surface area contributed by atoms with Crippen LogP contribution in [0.15, 0.2) is 65.6 Å². The molecule has 1 atom stereocenters. The van der Waals surface area contributed by atoms with Crippen molar-refractivity contribution in [2.75, 3.05) is 32.7 Å². The molecule has 0 spiro atoms. The van der Waals surface area contributed by atoms with Crippen molar-refractivity contribution in [2.24, 2.45) is 0 Å². The molecule has 3 rings (SSSR count). The Labute approximate surface area is 160 Å². The number of carbonyl (C=O) groups excluding carboxylic acids is 1. The van der Waals surface area contributed by atoms with E-state index in [-0.39, 0.29) is 11.9 Å². The molecule has 1 aliphatic heterocycles. The van der Waals surface area contributed by atoms with Crippen LogP contribution in [0.25, 0.3) is 0 Å². The van der Waals surface area contributed by atoms with E-state index in [1.165, 1.54) is 4.31 Å². The zero-order valence-corrected chi connectivity index (χ0v) is 16.3. The highest BCUT2D eigenvalue weighted by Crippen LogP contribution is 2.14. The minimum Gasteiger partial charge on any atom is -0.345 e. The van der Waals surface area contributed by atoms with E-state index < -0.39 is 10.0 Å². The Kier molecular flexibility index (Phi) is 6.26. The number of hydrogen-bond acceptors (Lipinski definition) is 3. The van der Waals surface area contributed by atoms with E-state index in [9.17, 15) is 13.2 Å². The van der Waals surface area contributed by atoms with Gasteiger partial charge in [0.25, 0.3) is 5.91 Å². The molecule has 6 nitrogen and oxygen atoms in total. The van der Waals surface area contributed by atoms with Gasteiger partial charge in [0.15, 0.2) is 6.54 Å². The maximum Gasteiger partial charge on any atom is 0.275 e. The highest BCUT2D eigenvalue weighted by atomic mass is 32.2. The first-order valence-corrected chi connectivity index (χ1v) is 10.6. The Hall–Kier alpha value is -2.22. The van der Waals surface area contributed by atoms with Crippen LogP contribution in [-0.4, -0.2) is 51.4 Å². The number of piperazine rings is 1. The maximum atomic E-state index is 12.7. The minimum atomic E-state index is -3.45. The average molecular weight is 389 g/mol. The van der Waals surface area contributed by atoms with Gasteiger partial charge >= 0.3 is 0 Å². The molecule has 1 saturated heterocycles. The van der Waals surface area contributed by atoms with E-state index in [2.05, 4.69) is 5.32 Å². The summed E-state index contributed by atoms with van der Waals surface area (Å²) >= 11 is 0. The van der Waals surface area contributed by atoms with Gasteiger partial charge in [0.2, 0.25) is 10.0 Å². The number of hydrogen-bond donors (Lipinski definition) is 2. The lowest BCUT2D eigenvalue weighted by molar-refractivity contribution is -0.895. The number of rotatable bonds is 6. The van der Waals surface area contributed by atoms with E-state index >= 15 is 0 Å². The summed E-state index contributed by atoms with van der Waals surface area (Å²) in [6.07, 6.45) is 0. The van der Waals surface area contributed by atoms with Gasteiger partial charge in [0.05, 0.1) is 37.1 Å². The number of quaternary nitrogens is 1. The standard InChI is InChI=1S/C20H25N3O3S/c1-17(18-8-4-2-5-9-18)21-20(24)16-22-12-14-23(15-13-22)27(25,26)19-10-6-3-7-11-19/h2-11,17H,12-16H2,1H3,(H,21,24)/p+1/t17-/m0/s1. The van der Waals surface area contributed by atoms with Crippen LogP contribution in [0.2, 0.25) is 0 Å². The largest absolute Gasteiger partial charge is 0.345 e. The van der Waals surface area contributed by atoms with Gasteiger partial charge in [-0.05, 0) is 24.6 Å². The van der Waals surface area contributed by atoms with Gasteiger partial charge in [-0.1, -0.05) is 48.5 Å². The molecule has 0 aliphatic carbocycles. The highest BCUT2D eigenvalue weighted by molar-refractivity contribution is 7.89. The van der Waals surface area contributed by atoms with Crippen LogP contribution in [0, 0.1) is 0 Å². The Morgan fingerprint density at radius 3 is 2.19 bits per heavy atom. The zero-order valence-electron chi connectivity index (χ0n) is 15.5. The summed E-state index contributed by atoms with van der Waals surface area (Å²) in [4.78, 5) is 13.8. The highest BCUT2D eigenvalue weighted by Gasteiger charge is 2.31. The predicted molar refractivity (Wildman–Crippen MR) is 104 cm³/mol. The van der Waals surface area contributed by atoms with Gasteiger partial charge in [0, 0.05) is 0 Å². The molecule has 1 aliphatic rings. The fourth-order valence-corrected chi connectivity index (χ4v) is 4.77. The molecular formula is C20H26N3O3S+. The molecule has 0 bridgehead atoms. The molecule has 7 heteroatoms. The van der Waals surface area contributed by atoms with Crippen molar-refractivity contribution in [3.63, 3.8) is 0 Å². The third kappa shape index (κ3) is 4.94. The van der Waals surface area contributed by atoms with E-state index in [1.54, 1.807) is 30.3 Å². The van der Waals surface area contributed by atoms with Crippen LogP contribution in [0.4, 0.5) is 0 Å². The molecule has 144 valence electrons. The number of carbonyl (C=O) groups is 1. The molecule has 2 aromatic rings. The van der Waals surface area contributed by atoms with E-state index in [4.69, 9.17) is 0 Å². The van der Waals surface area contributed by atoms with E-state index in [1.807, 2.05) is 37.3 Å². The summed E-state index contributed by atoms with van der Waals surface area (Å²) < 4.78 is 26.8. The molecule has 1 amide bonds. The number of benzene rings is 2. The normalized spacial score (nSPS) is 17.4. The second kappa shape index (κ2) is 8.65. The fraction of sp³-hybridized carbons (Fsp3) is 0.350. The number of sulfonamides is 1. The van der Waals surface area contributed by atoms with Crippen molar-refractivity contribution in [1.82, 2.24) is 9.62 Å². The first-order valence-electron chi connectivity index (χ1n) is 9.20. The van der Waals surface area contributed by atoms with Crippen molar-refractivity contribution < 1.29 is 18.1 Å². The lowest BCUT2D eigenvalue weighted by atomic mass is 10.1. The summed E-state index contributed by atoms with van der Waals surface area (Å²) in [5, 5.41) is 3.02. The average Bonchev–Trinajstić information content (AvgIpc) is 2.69. The molecule has 0 saturated carbocycles. The van der Waals surface area contributed by atoms with Crippen LogP contribution in [0.1, 0.15) is 18.5 Å². The second-order valence-electron chi connectivity index (χ2n) is 6.84. The van der Waals surface area contributed by atoms with Gasteiger partial charge in [-0.15, -0.1) is 0 Å². The van der Waals surface area contributed by atoms with Crippen molar-refractivity contribution in [2.45, 2.75) is 17.9 Å². The quantitative estimate of drug-likeness (QED) is 0.755. The third-order valence-corrected chi connectivity index (χ3v) is 6.81. The molecular weight excluding hydrogens is 362 g/mol. The third-order valence-electron chi connectivity index (χ3n) is 4.90. The lowest BCUT2D eigenvalue weighted by Gasteiger charge is -2.31. The van der Waals surface area contributed by atoms with Crippen molar-refractivity contribution in [3.05, 3.63) is 66.2 Å². The fourth-order valence-electron chi connectivity index (χ4n) is 3.31. The van der Waals surface area contributed by atoms with Gasteiger partial charge < -0.3 is 10.2 Å². The van der Waals surface area contributed by atoms with Crippen molar-refractivity contribution in [1.29, 1.82) is 0 Å². The zero-order chi connectivity index (χ0) is 19.3. The Morgan fingerprint density at radius 1 is 1.04 bits per heavy atom. The number of nitrogens with one attached hydrogen (secondary N) is 2. The van der Waals surface area contributed by atoms with Crippen molar-refractivity contribution >= 4 is 15.9 Å². The summed E-state index contributed by atoms with van der Waals surface area (Å²) in [6.45, 7) is 4.42. The topological polar surface area (TPSA) is 70.9 Å². The molecule has 0 aromatic heterocycles. The van der Waals surface area contributed by atoms with Crippen LogP contribution in [0.5, 0.6) is 0 Å². The first kappa shape index (κ1) is 19.5. The van der Waals surface area contributed by atoms with Crippen LogP contribution >= 0.6 is 0 Å². The summed E-state index contributed by atoms with van der Waals surface area (Å²) in [6, 6.07) is 18.3. The summed E-state index contributed by atoms with van der Waals surface area (Å²) in [7, 11) is -3.45. The molecule has 0 unspecified atom stereocenters. The number of amides is 1. The van der Waals surface area contributed by atoms with Crippen LogP contribution in [0.3, 0.4) is 0 Å². The smallest absolute Gasteiger partial charge is 0.275 e. The second-order valence-corrected chi connectivity index (χ2v) is 8.78. The Balaban J connectivity index is 1.50. The lowest BCUT2D eigenvalue weighted by Crippen LogP contribution is -3.15. The molecule has 1 fully saturated rings. The monoisotopic (exact) mass is 388 g/mol. The molecule has 27 heavy (non-hydrogen) atoms. The Morgan fingerprint density at radius 2 is 1.59 bits per heavy atom. The Bertz CT molecular complexity index is 849. The van der Waals surface area contributed by atoms with Gasteiger partial charge in [-0.25, -0.2) is 8.42 Å². The molecule has 2 N–H and O–H groups in total. The van der Waals surface area contributed by atoms with E-state index in [0.29, 0.717) is 37.6 Å². The predicted octanol–water partition coefficient (Wildman–Crippen LogP) is 0.453. The maximum absolute atomic E-state index is 12.7. The number of nitrogens with zero attached hydrogens (tertiary/aromatic N) is 1. The van der Waals surface area contributed by atoms with Gasteiger partial charge in [-0.3, -0.25) is 4.79 Å². The summed E-state index contributed by atoms with van der Waals surface area (Å²) in [5.74, 6) is -0.0132. The van der Waals surface area contributed by atoms with E-state index in [0.717, 1.165) is 10.5 Å². The van der Waals surface area contributed by atoms with Crippen molar-refractivity contribution in [3.8, 4) is 0 Å². The van der Waals surface area contributed by atoms with Crippen LogP contribution in [-0.2, 0) is 14.8 Å². The molecule has 1 heterocycles. The SMILES string of the molecule is C[C@H](NC(=O)C[NH+]1CCN(S(=O)(=O)c2ccccc2)CC1)c1ccccc1. The summed E-state index contributed by atoms with van der Waals surface area (Å²) in [5.41, 5.74) is 1.07. The molecule has 0 radical (unpaired) electrons. The van der Waals surface area contributed by atoms with Gasteiger partial charge in [0.1, 0.15) is 0 Å².